The molecule has 1 aromatic rings. The summed E-state index contributed by atoms with van der Waals surface area (Å²) in [6, 6.07) is 0. The molecule has 6 nitrogen and oxygen atoms in total. The van der Waals surface area contributed by atoms with Crippen LogP contribution in [0.5, 0.6) is 0 Å². The number of rotatable bonds is 0. The third-order valence-corrected chi connectivity index (χ3v) is 4.97. The molecule has 9 heavy (non-hydrogen) atoms. The highest BCUT2D eigenvalue weighted by Gasteiger charge is 1.91. The monoisotopic (exact) mass is 184 g/mol. The lowest BCUT2D eigenvalue weighted by molar-refractivity contribution is 1.25. The molecule has 1 rings (SSSR count). The van der Waals surface area contributed by atoms with Gasteiger partial charge in [0, 0.05) is 0 Å². The molecular weight excluding hydrogens is 177 g/mol. The lowest BCUT2D eigenvalue weighted by Gasteiger charge is -2.03. The van der Waals surface area contributed by atoms with Gasteiger partial charge in [-0.1, -0.05) is 0 Å². The van der Waals surface area contributed by atoms with E-state index in [2.05, 4.69) is 9.02 Å². The van der Waals surface area contributed by atoms with Crippen LogP contribution in [0.25, 0.3) is 0 Å². The van der Waals surface area contributed by atoms with Gasteiger partial charge in [0.2, 0.25) is 0 Å². The van der Waals surface area contributed by atoms with Crippen molar-refractivity contribution in [3.05, 3.63) is 0 Å². The Morgan fingerprint density at radius 1 is 1.56 bits per heavy atom. The number of nitrogen functional groups attached to an aromatic ring is 3. The summed E-state index contributed by atoms with van der Waals surface area (Å²) < 4.78 is 8.13. The number of H-pyrrole nitrogens is 1. The number of nitrogens with two attached hydrogens (primary N) is 3. The third-order valence-electron chi connectivity index (χ3n) is 0.714. The fourth-order valence-corrected chi connectivity index (χ4v) is 3.72. The van der Waals surface area contributed by atoms with Crippen LogP contribution < -0.4 is 16.9 Å². The number of nitrogens with one attached hydrogen (secondary N) is 1. The molecule has 0 saturated carbocycles. The van der Waals surface area contributed by atoms with Gasteiger partial charge >= 0.3 is 0 Å². The highest BCUT2D eigenvalue weighted by Crippen LogP contribution is 2.21. The molecule has 0 saturated heterocycles. The van der Waals surface area contributed by atoms with Crippen LogP contribution in [0.2, 0.25) is 0 Å². The van der Waals surface area contributed by atoms with Gasteiger partial charge in [-0.2, -0.15) is 4.51 Å². The molecule has 0 aliphatic carbocycles. The molecule has 2 atom stereocenters. The number of aromatic amines is 1. The molecule has 0 aliphatic rings. The quantitative estimate of drug-likeness (QED) is 0.426. The Morgan fingerprint density at radius 2 is 2.22 bits per heavy atom. The van der Waals surface area contributed by atoms with E-state index in [9.17, 15) is 0 Å². The van der Waals surface area contributed by atoms with E-state index in [4.69, 9.17) is 16.9 Å². The maximum atomic E-state index is 5.49. The number of aromatic nitrogens is 3. The Labute approximate surface area is 55.4 Å². The molecule has 0 bridgehead atoms. The van der Waals surface area contributed by atoms with E-state index in [1.165, 1.54) is 4.20 Å². The largest absolute Gasteiger partial charge is 0.286 e. The van der Waals surface area contributed by atoms with Crippen molar-refractivity contribution in [2.24, 2.45) is 0 Å². The van der Waals surface area contributed by atoms with Crippen molar-refractivity contribution in [2.75, 3.05) is 16.9 Å². The summed E-state index contributed by atoms with van der Waals surface area (Å²) >= 11 is 0. The maximum Gasteiger partial charge on any atom is 0.147 e. The van der Waals surface area contributed by atoms with Gasteiger partial charge in [0.15, 0.2) is 0 Å². The van der Waals surface area contributed by atoms with Gasteiger partial charge in [-0.3, -0.25) is 15.5 Å². The van der Waals surface area contributed by atoms with E-state index < -0.39 is 16.0 Å². The summed E-state index contributed by atoms with van der Waals surface area (Å²) in [4.78, 5) is 0. The van der Waals surface area contributed by atoms with E-state index >= 15 is 0 Å². The van der Waals surface area contributed by atoms with Crippen molar-refractivity contribution in [1.82, 2.24) is 13.2 Å². The maximum absolute atomic E-state index is 5.49. The SMILES string of the molecule is Nn1p(N)np[nH]p1N. The summed E-state index contributed by atoms with van der Waals surface area (Å²) in [5.41, 5.74) is 10.9. The highest BCUT2D eigenvalue weighted by atomic mass is 31.2. The Hall–Kier alpha value is 0.180. The summed E-state index contributed by atoms with van der Waals surface area (Å²) in [6.45, 7) is 0. The molecule has 0 aliphatic heterocycles. The van der Waals surface area contributed by atoms with Crippen LogP contribution in [-0.4, -0.2) is 13.2 Å². The summed E-state index contributed by atoms with van der Waals surface area (Å²) in [6.07, 6.45) is 0. The van der Waals surface area contributed by atoms with Gasteiger partial charge in [0.05, 0.1) is 0 Å². The molecule has 0 amide bonds. The molecule has 0 radical (unpaired) electrons. The molecule has 2 unspecified atom stereocenters. The fraction of sp³-hybridized carbons (Fsp3) is 0. The van der Waals surface area contributed by atoms with Crippen molar-refractivity contribution in [3.8, 4) is 0 Å². The van der Waals surface area contributed by atoms with Crippen molar-refractivity contribution in [1.29, 1.82) is 0 Å². The minimum absolute atomic E-state index is 0.743. The van der Waals surface area contributed by atoms with E-state index in [1.807, 2.05) is 0 Å². The predicted molar refractivity (Wildman–Crippen MR) is 42.6 cm³/mol. The number of hydrogen-bond acceptors (Lipinski definition) is 4. The second-order valence-corrected chi connectivity index (χ2v) is 5.50. The number of hydrogen-bond donors (Lipinski definition) is 4. The highest BCUT2D eigenvalue weighted by molar-refractivity contribution is 7.59. The first kappa shape index (κ1) is 7.29. The molecule has 0 fully saturated rings. The first-order valence-corrected chi connectivity index (χ1v) is 5.55. The lowest BCUT2D eigenvalue weighted by Crippen LogP contribution is -2.11. The Balaban J connectivity index is 3.25. The van der Waals surface area contributed by atoms with Gasteiger partial charge in [0.1, 0.15) is 24.5 Å². The minimum atomic E-state index is -1.03. The average Bonchev–Trinajstić information content (AvgIpc) is 1.83. The summed E-state index contributed by atoms with van der Waals surface area (Å²) in [5.74, 6) is 5.40. The van der Waals surface area contributed by atoms with E-state index in [0.29, 0.717) is 0 Å². The van der Waals surface area contributed by atoms with Crippen LogP contribution in [-0.2, 0) is 0 Å². The fourth-order valence-electron chi connectivity index (χ4n) is 0.297. The second kappa shape index (κ2) is 2.84. The van der Waals surface area contributed by atoms with Gasteiger partial charge in [-0.25, -0.2) is 10.0 Å². The Bertz CT molecular complexity index is 199. The summed E-state index contributed by atoms with van der Waals surface area (Å²) in [5, 5.41) is 0. The smallest absolute Gasteiger partial charge is 0.147 e. The normalized spacial score (nSPS) is 14.6. The van der Waals surface area contributed by atoms with E-state index in [1.54, 1.807) is 0 Å². The van der Waals surface area contributed by atoms with Crippen molar-refractivity contribution < 1.29 is 0 Å². The molecule has 1 heterocycles. The standard InChI is InChI=1S/H7N6P3/c1-6-8(2)4-7-5-9(6)3/h1-3H2,(H,4,5). The molecule has 9 heteroatoms. The van der Waals surface area contributed by atoms with Gasteiger partial charge in [0.25, 0.3) is 0 Å². The Morgan fingerprint density at radius 3 is 2.67 bits per heavy atom. The third kappa shape index (κ3) is 1.55. The van der Waals surface area contributed by atoms with Gasteiger partial charge < -0.3 is 0 Å². The van der Waals surface area contributed by atoms with Gasteiger partial charge in [-0.05, 0) is 0 Å². The Kier molecular flexibility index (Phi) is 2.30. The zero-order valence-electron chi connectivity index (χ0n) is 4.47. The first-order chi connectivity index (χ1) is 4.22. The van der Waals surface area contributed by atoms with Crippen molar-refractivity contribution >= 4 is 24.5 Å². The molecule has 52 valence electrons. The molecule has 0 spiro atoms. The molecule has 0 aromatic carbocycles. The minimum Gasteiger partial charge on any atom is -0.286 e. The van der Waals surface area contributed by atoms with Crippen LogP contribution in [0.3, 0.4) is 0 Å². The average molecular weight is 184 g/mol. The van der Waals surface area contributed by atoms with Crippen LogP contribution in [0.4, 0.5) is 0 Å². The van der Waals surface area contributed by atoms with Crippen LogP contribution in [0.15, 0.2) is 0 Å². The van der Waals surface area contributed by atoms with Crippen LogP contribution >= 0.6 is 24.5 Å². The predicted octanol–water partition coefficient (Wildman–Crippen LogP) is 0.0303. The van der Waals surface area contributed by atoms with Gasteiger partial charge in [-0.15, -0.1) is 0 Å². The van der Waals surface area contributed by atoms with E-state index in [-0.39, 0.29) is 0 Å². The van der Waals surface area contributed by atoms with E-state index in [0.717, 1.165) is 8.51 Å². The summed E-state index contributed by atoms with van der Waals surface area (Å²) in [7, 11) is -1.22. The zero-order chi connectivity index (χ0) is 6.85. The van der Waals surface area contributed by atoms with Crippen molar-refractivity contribution in [3.63, 3.8) is 0 Å². The molecule has 1 aromatic heterocycles. The topological polar surface area (TPSA) is 112 Å². The second-order valence-electron chi connectivity index (χ2n) is 1.27. The van der Waals surface area contributed by atoms with Crippen LogP contribution in [0.1, 0.15) is 0 Å². The first-order valence-electron chi connectivity index (χ1n) is 2.02. The molecular formula is H7N6P3. The number of nitrogens with zero attached hydrogens (tertiary/aromatic N) is 2. The lowest BCUT2D eigenvalue weighted by atomic mass is 13.0. The molecule has 7 N–H and O–H groups in total. The van der Waals surface area contributed by atoms with Crippen LogP contribution in [0, 0.1) is 0 Å². The zero-order valence-corrected chi connectivity index (χ0v) is 7.15. The van der Waals surface area contributed by atoms with Crippen molar-refractivity contribution in [2.45, 2.75) is 0 Å².